The van der Waals surface area contributed by atoms with Gasteiger partial charge in [-0.05, 0) is 12.1 Å². The average Bonchev–Trinajstić information content (AvgIpc) is 2.42. The molecule has 110 valence electrons. The van der Waals surface area contributed by atoms with Crippen LogP contribution in [0.4, 0.5) is 13.2 Å². The highest BCUT2D eigenvalue weighted by atomic mass is 35.5. The third kappa shape index (κ3) is 3.26. The molecule has 0 aliphatic heterocycles. The van der Waals surface area contributed by atoms with E-state index in [1.807, 2.05) is 5.43 Å². The highest BCUT2D eigenvalue weighted by Gasteiger charge is 2.38. The summed E-state index contributed by atoms with van der Waals surface area (Å²) in [6, 6.07) is 5.00. The SMILES string of the molecule is N#CC(=CNN)C(O)(C#N)c1ccc(C(F)(F)F)cc1Cl. The Labute approximate surface area is 122 Å². The Hall–Kier alpha value is -2.26. The van der Waals surface area contributed by atoms with Crippen LogP contribution in [0, 0.1) is 22.7 Å². The predicted molar refractivity (Wildman–Crippen MR) is 67.0 cm³/mol. The minimum absolute atomic E-state index is 0.359. The molecule has 9 heteroatoms. The van der Waals surface area contributed by atoms with Crippen LogP contribution in [0.3, 0.4) is 0 Å². The molecule has 0 radical (unpaired) electrons. The van der Waals surface area contributed by atoms with Crippen LogP contribution in [0.1, 0.15) is 11.1 Å². The summed E-state index contributed by atoms with van der Waals surface area (Å²) in [4.78, 5) is 0. The van der Waals surface area contributed by atoms with E-state index in [1.165, 1.54) is 12.1 Å². The number of hydrogen-bond acceptors (Lipinski definition) is 5. The first-order valence-electron chi connectivity index (χ1n) is 5.28. The van der Waals surface area contributed by atoms with Gasteiger partial charge in [0.25, 0.3) is 0 Å². The molecule has 1 atom stereocenters. The molecule has 0 fully saturated rings. The molecule has 1 aromatic rings. The average molecular weight is 317 g/mol. The van der Waals surface area contributed by atoms with Gasteiger partial charge in [-0.1, -0.05) is 17.7 Å². The van der Waals surface area contributed by atoms with E-state index >= 15 is 0 Å². The number of aliphatic hydroxyl groups is 1. The van der Waals surface area contributed by atoms with Crippen molar-refractivity contribution in [2.75, 3.05) is 0 Å². The first-order chi connectivity index (χ1) is 9.70. The van der Waals surface area contributed by atoms with Crippen LogP contribution >= 0.6 is 11.6 Å². The number of hydrogen-bond donors (Lipinski definition) is 3. The Balaban J connectivity index is 3.48. The molecule has 0 saturated heterocycles. The van der Waals surface area contributed by atoms with E-state index in [0.717, 1.165) is 12.3 Å². The number of halogens is 4. The monoisotopic (exact) mass is 316 g/mol. The van der Waals surface area contributed by atoms with Crippen LogP contribution < -0.4 is 11.3 Å². The molecular formula is C12H8ClF3N4O. The first kappa shape index (κ1) is 16.8. The van der Waals surface area contributed by atoms with Gasteiger partial charge in [0.15, 0.2) is 0 Å². The summed E-state index contributed by atoms with van der Waals surface area (Å²) in [6.07, 6.45) is -3.78. The van der Waals surface area contributed by atoms with E-state index in [2.05, 4.69) is 0 Å². The second-order valence-corrected chi connectivity index (χ2v) is 4.26. The molecule has 0 saturated carbocycles. The van der Waals surface area contributed by atoms with Crippen molar-refractivity contribution in [3.63, 3.8) is 0 Å². The van der Waals surface area contributed by atoms with E-state index in [-0.39, 0.29) is 5.56 Å². The third-order valence-electron chi connectivity index (χ3n) is 2.59. The number of alkyl halides is 3. The van der Waals surface area contributed by atoms with E-state index in [1.54, 1.807) is 0 Å². The fourth-order valence-electron chi connectivity index (χ4n) is 1.55. The zero-order valence-electron chi connectivity index (χ0n) is 10.2. The lowest BCUT2D eigenvalue weighted by atomic mass is 9.88. The maximum atomic E-state index is 12.5. The zero-order valence-corrected chi connectivity index (χ0v) is 11.0. The maximum absolute atomic E-state index is 12.5. The molecule has 0 aliphatic rings. The molecule has 0 heterocycles. The summed E-state index contributed by atoms with van der Waals surface area (Å²) < 4.78 is 37.6. The van der Waals surface area contributed by atoms with E-state index in [4.69, 9.17) is 28.0 Å². The lowest BCUT2D eigenvalue weighted by molar-refractivity contribution is -0.137. The topological polar surface area (TPSA) is 106 Å². The van der Waals surface area contributed by atoms with Crippen molar-refractivity contribution in [3.8, 4) is 12.1 Å². The standard InChI is InChI=1S/C12H8ClF3N4O/c13-10-3-7(12(14,15)16)1-2-9(10)11(21,6-18)8(4-17)5-20-19/h1-3,5,20-21H,19H2. The Kier molecular flexibility index (Phi) is 4.81. The van der Waals surface area contributed by atoms with Crippen molar-refractivity contribution in [1.29, 1.82) is 10.5 Å². The number of nitrogens with zero attached hydrogens (tertiary/aromatic N) is 2. The zero-order chi connectivity index (χ0) is 16.3. The van der Waals surface area contributed by atoms with Crippen molar-refractivity contribution in [2.24, 2.45) is 5.84 Å². The molecule has 0 aromatic heterocycles. The molecule has 21 heavy (non-hydrogen) atoms. The second-order valence-electron chi connectivity index (χ2n) is 3.85. The van der Waals surface area contributed by atoms with Crippen LogP contribution in [0.5, 0.6) is 0 Å². The lowest BCUT2D eigenvalue weighted by Gasteiger charge is -2.21. The minimum atomic E-state index is -4.63. The van der Waals surface area contributed by atoms with Gasteiger partial charge in [0.05, 0.1) is 11.1 Å². The fraction of sp³-hybridized carbons (Fsp3) is 0.167. The second kappa shape index (κ2) is 6.02. The van der Waals surface area contributed by atoms with Gasteiger partial charge in [-0.25, -0.2) is 0 Å². The highest BCUT2D eigenvalue weighted by Crippen LogP contribution is 2.37. The molecule has 0 spiro atoms. The maximum Gasteiger partial charge on any atom is 0.416 e. The van der Waals surface area contributed by atoms with Crippen LogP contribution in [0.2, 0.25) is 5.02 Å². The number of nitrogens with one attached hydrogen (secondary N) is 1. The molecule has 4 N–H and O–H groups in total. The summed E-state index contributed by atoms with van der Waals surface area (Å²) in [7, 11) is 0. The number of nitriles is 2. The van der Waals surface area contributed by atoms with Gasteiger partial charge in [0.2, 0.25) is 5.60 Å². The minimum Gasteiger partial charge on any atom is -0.367 e. The molecular weight excluding hydrogens is 309 g/mol. The van der Waals surface area contributed by atoms with Gasteiger partial charge in [0.1, 0.15) is 12.1 Å². The van der Waals surface area contributed by atoms with Gasteiger partial charge in [-0.15, -0.1) is 0 Å². The van der Waals surface area contributed by atoms with Gasteiger partial charge in [-0.2, -0.15) is 23.7 Å². The quantitative estimate of drug-likeness (QED) is 0.342. The number of hydrazine groups is 1. The van der Waals surface area contributed by atoms with Crippen LogP contribution in [0.25, 0.3) is 0 Å². The lowest BCUT2D eigenvalue weighted by Crippen LogP contribution is -2.29. The smallest absolute Gasteiger partial charge is 0.367 e. The molecule has 1 unspecified atom stereocenters. The number of nitrogens with two attached hydrogens (primary N) is 1. The first-order valence-corrected chi connectivity index (χ1v) is 5.66. The Morgan fingerprint density at radius 1 is 1.38 bits per heavy atom. The Morgan fingerprint density at radius 3 is 2.38 bits per heavy atom. The molecule has 5 nitrogen and oxygen atoms in total. The predicted octanol–water partition coefficient (Wildman–Crippen LogP) is 1.94. The number of rotatable bonds is 3. The van der Waals surface area contributed by atoms with Crippen molar-refractivity contribution in [3.05, 3.63) is 46.1 Å². The third-order valence-corrected chi connectivity index (χ3v) is 2.90. The van der Waals surface area contributed by atoms with Crippen molar-refractivity contribution in [2.45, 2.75) is 11.8 Å². The van der Waals surface area contributed by atoms with Gasteiger partial charge < -0.3 is 10.5 Å². The molecule has 1 rings (SSSR count). The summed E-state index contributed by atoms with van der Waals surface area (Å²) >= 11 is 5.70. The van der Waals surface area contributed by atoms with Crippen molar-refractivity contribution >= 4 is 11.6 Å². The van der Waals surface area contributed by atoms with Crippen LogP contribution in [-0.2, 0) is 11.8 Å². The van der Waals surface area contributed by atoms with Gasteiger partial charge in [-0.3, -0.25) is 5.84 Å². The van der Waals surface area contributed by atoms with Crippen molar-refractivity contribution < 1.29 is 18.3 Å². The van der Waals surface area contributed by atoms with Crippen LogP contribution in [-0.4, -0.2) is 5.11 Å². The molecule has 0 bridgehead atoms. The Morgan fingerprint density at radius 2 is 2.00 bits per heavy atom. The van der Waals surface area contributed by atoms with Gasteiger partial charge in [0, 0.05) is 16.8 Å². The van der Waals surface area contributed by atoms with Gasteiger partial charge >= 0.3 is 6.18 Å². The number of benzene rings is 1. The van der Waals surface area contributed by atoms with E-state index in [9.17, 15) is 18.3 Å². The summed E-state index contributed by atoms with van der Waals surface area (Å²) in [6.45, 7) is 0. The van der Waals surface area contributed by atoms with E-state index in [0.29, 0.717) is 12.1 Å². The summed E-state index contributed by atoms with van der Waals surface area (Å²) in [5, 5.41) is 27.7. The molecule has 0 amide bonds. The fourth-order valence-corrected chi connectivity index (χ4v) is 1.87. The Bertz CT molecular complexity index is 660. The summed E-state index contributed by atoms with van der Waals surface area (Å²) in [5.74, 6) is 4.97. The highest BCUT2D eigenvalue weighted by molar-refractivity contribution is 6.31. The van der Waals surface area contributed by atoms with Crippen molar-refractivity contribution in [1.82, 2.24) is 5.43 Å². The molecule has 0 aliphatic carbocycles. The molecule has 1 aromatic carbocycles. The normalized spacial score (nSPS) is 14.8. The largest absolute Gasteiger partial charge is 0.416 e. The van der Waals surface area contributed by atoms with E-state index < -0.39 is 27.9 Å². The van der Waals surface area contributed by atoms with Crippen LogP contribution in [0.15, 0.2) is 30.0 Å². The summed E-state index contributed by atoms with van der Waals surface area (Å²) in [5.41, 5.74) is -2.48.